The van der Waals surface area contributed by atoms with Gasteiger partial charge in [-0.05, 0) is 55.7 Å². The summed E-state index contributed by atoms with van der Waals surface area (Å²) in [5.74, 6) is -7.07. The van der Waals surface area contributed by atoms with Crippen LogP contribution in [0.1, 0.15) is 62.7 Å². The minimum Gasteiger partial charge on any atom is -0.393 e. The Morgan fingerprint density at radius 3 is 2.29 bits per heavy atom. The minimum atomic E-state index is -4.14. The van der Waals surface area contributed by atoms with Crippen molar-refractivity contribution in [2.75, 3.05) is 5.32 Å². The van der Waals surface area contributed by atoms with Crippen LogP contribution in [0.5, 0.6) is 0 Å². The molecular formula is C28H32ClF3N2O6S. The number of aliphatic hydroxyl groups is 2. The van der Waals surface area contributed by atoms with Gasteiger partial charge in [0, 0.05) is 29.4 Å². The van der Waals surface area contributed by atoms with Crippen molar-refractivity contribution in [3.63, 3.8) is 0 Å². The molecular weight excluding hydrogens is 585 g/mol. The maximum Gasteiger partial charge on any atom is 0.255 e. The number of hydrogen-bond donors (Lipinski definition) is 4. The van der Waals surface area contributed by atoms with Crippen LogP contribution >= 0.6 is 11.6 Å². The highest BCUT2D eigenvalue weighted by atomic mass is 35.5. The second-order valence-corrected chi connectivity index (χ2v) is 13.7. The highest BCUT2D eigenvalue weighted by molar-refractivity contribution is 7.92. The van der Waals surface area contributed by atoms with E-state index >= 15 is 0 Å². The fraction of sp³-hybridized carbons (Fsp3) is 0.500. The van der Waals surface area contributed by atoms with Crippen molar-refractivity contribution in [1.29, 1.82) is 0 Å². The maximum absolute atomic E-state index is 13.8. The number of rotatable bonds is 8. The molecule has 0 heterocycles. The molecule has 1 unspecified atom stereocenters. The first-order chi connectivity index (χ1) is 19.1. The van der Waals surface area contributed by atoms with Crippen molar-refractivity contribution in [1.82, 2.24) is 5.32 Å². The zero-order valence-corrected chi connectivity index (χ0v) is 24.0. The quantitative estimate of drug-likeness (QED) is 0.326. The Labute approximate surface area is 241 Å². The first-order valence-electron chi connectivity index (χ1n) is 13.3. The molecule has 2 aromatic carbocycles. The summed E-state index contributed by atoms with van der Waals surface area (Å²) in [6.45, 7) is 3.49. The van der Waals surface area contributed by atoms with Gasteiger partial charge in [0.05, 0.1) is 33.3 Å². The molecule has 2 aliphatic carbocycles. The van der Waals surface area contributed by atoms with Crippen LogP contribution in [0.15, 0.2) is 35.2 Å². The number of nitrogens with one attached hydrogen (secondary N) is 2. The summed E-state index contributed by atoms with van der Waals surface area (Å²) in [6.07, 6.45) is 0.744. The topological polar surface area (TPSA) is 133 Å². The van der Waals surface area contributed by atoms with E-state index in [1.165, 1.54) is 12.1 Å². The number of carbonyl (C=O) groups is 2. The fourth-order valence-electron chi connectivity index (χ4n) is 5.83. The number of amides is 2. The van der Waals surface area contributed by atoms with Crippen molar-refractivity contribution in [3.05, 3.63) is 58.4 Å². The SMILES string of the molecule is CCC1C[C@@H](S(=O)(=O)c2cc(C(=O)Nc3cc(F)c(F)c(F)c3)ccc2Cl)C[C@H](C)[C@@]1(O)CC(=O)N[C@H]1C[C@H](O)C1. The van der Waals surface area contributed by atoms with E-state index in [9.17, 15) is 41.4 Å². The normalized spacial score (nSPS) is 28.0. The van der Waals surface area contributed by atoms with Crippen LogP contribution in [-0.4, -0.2) is 53.4 Å². The van der Waals surface area contributed by atoms with Gasteiger partial charge in [-0.25, -0.2) is 21.6 Å². The molecule has 2 amide bonds. The molecule has 4 atom stereocenters. The number of benzene rings is 2. The van der Waals surface area contributed by atoms with Gasteiger partial charge >= 0.3 is 0 Å². The highest BCUT2D eigenvalue weighted by Crippen LogP contribution is 2.46. The number of sulfone groups is 1. The Balaban J connectivity index is 1.53. The molecule has 0 saturated heterocycles. The van der Waals surface area contributed by atoms with E-state index in [-0.39, 0.29) is 52.4 Å². The summed E-state index contributed by atoms with van der Waals surface area (Å²) in [5.41, 5.74) is -1.98. The number of carbonyl (C=O) groups excluding carboxylic acids is 2. The van der Waals surface area contributed by atoms with E-state index in [0.29, 0.717) is 31.4 Å². The second-order valence-electron chi connectivity index (χ2n) is 11.1. The number of anilines is 1. The van der Waals surface area contributed by atoms with E-state index in [2.05, 4.69) is 10.6 Å². The van der Waals surface area contributed by atoms with Gasteiger partial charge in [-0.15, -0.1) is 0 Å². The Morgan fingerprint density at radius 2 is 1.71 bits per heavy atom. The molecule has 41 heavy (non-hydrogen) atoms. The van der Waals surface area contributed by atoms with Crippen LogP contribution < -0.4 is 10.6 Å². The molecule has 0 radical (unpaired) electrons. The zero-order valence-electron chi connectivity index (χ0n) is 22.5. The summed E-state index contributed by atoms with van der Waals surface area (Å²) >= 11 is 6.26. The van der Waals surface area contributed by atoms with Crippen LogP contribution in [-0.2, 0) is 14.6 Å². The largest absolute Gasteiger partial charge is 0.393 e. The zero-order chi connectivity index (χ0) is 30.3. The van der Waals surface area contributed by atoms with Crippen molar-refractivity contribution in [3.8, 4) is 0 Å². The molecule has 4 N–H and O–H groups in total. The second kappa shape index (κ2) is 11.9. The van der Waals surface area contributed by atoms with Gasteiger partial charge in [0.15, 0.2) is 27.3 Å². The van der Waals surface area contributed by atoms with Gasteiger partial charge in [0.1, 0.15) is 0 Å². The predicted molar refractivity (Wildman–Crippen MR) is 146 cm³/mol. The summed E-state index contributed by atoms with van der Waals surface area (Å²) in [7, 11) is -4.14. The molecule has 4 rings (SSSR count). The summed E-state index contributed by atoms with van der Waals surface area (Å²) in [4.78, 5) is 25.1. The van der Waals surface area contributed by atoms with Gasteiger partial charge in [-0.1, -0.05) is 31.9 Å². The molecule has 0 aromatic heterocycles. The molecule has 0 aliphatic heterocycles. The lowest BCUT2D eigenvalue weighted by Crippen LogP contribution is -2.55. The molecule has 13 heteroatoms. The average molecular weight is 617 g/mol. The monoisotopic (exact) mass is 616 g/mol. The van der Waals surface area contributed by atoms with E-state index in [0.717, 1.165) is 6.07 Å². The molecule has 0 spiro atoms. The van der Waals surface area contributed by atoms with Gasteiger partial charge < -0.3 is 20.8 Å². The predicted octanol–water partition coefficient (Wildman–Crippen LogP) is 4.37. The first kappa shape index (κ1) is 31.3. The summed E-state index contributed by atoms with van der Waals surface area (Å²) in [5, 5.41) is 25.0. The molecule has 2 saturated carbocycles. The minimum absolute atomic E-state index is 0.0334. The van der Waals surface area contributed by atoms with Gasteiger partial charge in [-0.2, -0.15) is 0 Å². The number of aliphatic hydroxyl groups excluding tert-OH is 1. The lowest BCUT2D eigenvalue weighted by Gasteiger charge is -2.47. The van der Waals surface area contributed by atoms with E-state index in [1.807, 2.05) is 0 Å². The van der Waals surface area contributed by atoms with Crippen LogP contribution in [0.3, 0.4) is 0 Å². The van der Waals surface area contributed by atoms with E-state index in [1.54, 1.807) is 13.8 Å². The van der Waals surface area contributed by atoms with Crippen LogP contribution in [0.2, 0.25) is 5.02 Å². The molecule has 2 aliphatic rings. The lowest BCUT2D eigenvalue weighted by molar-refractivity contribution is -0.139. The van der Waals surface area contributed by atoms with Crippen molar-refractivity contribution in [2.24, 2.45) is 11.8 Å². The molecule has 0 bridgehead atoms. The maximum atomic E-state index is 13.8. The van der Waals surface area contributed by atoms with Crippen molar-refractivity contribution < 1.29 is 41.4 Å². The Bertz CT molecular complexity index is 1430. The van der Waals surface area contributed by atoms with Crippen molar-refractivity contribution in [2.45, 2.75) is 80.3 Å². The Hall–Kier alpha value is -2.67. The molecule has 2 aromatic rings. The van der Waals surface area contributed by atoms with Crippen LogP contribution in [0.4, 0.5) is 18.9 Å². The standard InChI is InChI=1S/C28H32ClF3N2O6S/c1-3-16-8-20(6-14(2)28(16,38)13-25(36)33-17-9-19(35)10-17)41(39,40)24-7-15(4-5-21(24)29)27(37)34-18-11-22(30)26(32)23(31)12-18/h4-5,7,11-12,14,16-17,19-20,35,38H,3,6,8-10,13H2,1-2H3,(H,33,36)(H,34,37)/t14-,16?,17-,19-,20-,28-/m0/s1. The third kappa shape index (κ3) is 6.40. The third-order valence-corrected chi connectivity index (χ3v) is 11.0. The smallest absolute Gasteiger partial charge is 0.255 e. The fourth-order valence-corrected chi connectivity index (χ4v) is 8.28. The van der Waals surface area contributed by atoms with Gasteiger partial charge in [0.2, 0.25) is 5.91 Å². The Morgan fingerprint density at radius 1 is 1.07 bits per heavy atom. The Kier molecular flexibility index (Phi) is 9.08. The molecule has 8 nitrogen and oxygen atoms in total. The number of halogens is 4. The third-order valence-electron chi connectivity index (χ3n) is 8.32. The van der Waals surface area contributed by atoms with Crippen molar-refractivity contribution >= 4 is 38.9 Å². The molecule has 2 fully saturated rings. The average Bonchev–Trinajstić information content (AvgIpc) is 2.87. The van der Waals surface area contributed by atoms with E-state index in [4.69, 9.17) is 11.6 Å². The highest BCUT2D eigenvalue weighted by Gasteiger charge is 2.51. The van der Waals surface area contributed by atoms with E-state index < -0.39 is 62.0 Å². The number of hydrogen-bond acceptors (Lipinski definition) is 6. The lowest BCUT2D eigenvalue weighted by atomic mass is 9.66. The van der Waals surface area contributed by atoms with Gasteiger partial charge in [0.25, 0.3) is 5.91 Å². The summed E-state index contributed by atoms with van der Waals surface area (Å²) < 4.78 is 68.0. The van der Waals surface area contributed by atoms with Gasteiger partial charge in [-0.3, -0.25) is 9.59 Å². The first-order valence-corrected chi connectivity index (χ1v) is 15.3. The van der Waals surface area contributed by atoms with Crippen LogP contribution in [0, 0.1) is 29.3 Å². The molecule has 224 valence electrons. The van der Waals surface area contributed by atoms with Crippen LogP contribution in [0.25, 0.3) is 0 Å². The summed E-state index contributed by atoms with van der Waals surface area (Å²) in [6, 6.07) is 4.56.